The van der Waals surface area contributed by atoms with Gasteiger partial charge in [0.25, 0.3) is 11.2 Å². The number of ether oxygens (including phenoxy) is 1. The Bertz CT molecular complexity index is 631. The molecule has 0 unspecified atom stereocenters. The second kappa shape index (κ2) is 6.38. The monoisotopic (exact) mass is 360 g/mol. The Kier molecular flexibility index (Phi) is 5.27. The molecule has 7 nitrogen and oxygen atoms in total. The molecule has 116 valence electrons. The predicted molar refractivity (Wildman–Crippen MR) is 80.3 cm³/mol. The Morgan fingerprint density at radius 3 is 2.52 bits per heavy atom. The van der Waals surface area contributed by atoms with Crippen LogP contribution >= 0.6 is 15.9 Å². The standard InChI is InChI=1S/C13H17BrN2O5/c1-8-9(16(19)20)7-15(12(18)11(8)14)6-5-10(17)21-13(2,3)4/h7H,5-6H2,1-4H3. The summed E-state index contributed by atoms with van der Waals surface area (Å²) in [5.41, 5.74) is -0.937. The number of hydrogen-bond donors (Lipinski definition) is 0. The van der Waals surface area contributed by atoms with Crippen LogP contribution in [0, 0.1) is 17.0 Å². The van der Waals surface area contributed by atoms with Crippen molar-refractivity contribution in [2.45, 2.75) is 46.3 Å². The van der Waals surface area contributed by atoms with Crippen molar-refractivity contribution < 1.29 is 14.5 Å². The first-order valence-electron chi connectivity index (χ1n) is 6.28. The van der Waals surface area contributed by atoms with Crippen molar-refractivity contribution in [3.8, 4) is 0 Å². The summed E-state index contributed by atoms with van der Waals surface area (Å²) >= 11 is 3.05. The van der Waals surface area contributed by atoms with Gasteiger partial charge in [0.1, 0.15) is 5.60 Å². The molecule has 0 aromatic carbocycles. The zero-order valence-corrected chi connectivity index (χ0v) is 13.9. The summed E-state index contributed by atoms with van der Waals surface area (Å²) in [7, 11) is 0. The average molecular weight is 361 g/mol. The number of carbonyl (C=O) groups is 1. The molecule has 0 radical (unpaired) electrons. The maximum Gasteiger partial charge on any atom is 0.308 e. The molecule has 0 saturated carbocycles. The number of nitrogens with zero attached hydrogens (tertiary/aromatic N) is 2. The van der Waals surface area contributed by atoms with Gasteiger partial charge in [0, 0.05) is 12.1 Å². The maximum atomic E-state index is 12.0. The molecule has 0 amide bonds. The minimum absolute atomic E-state index is 0.0213. The summed E-state index contributed by atoms with van der Waals surface area (Å²) in [6.07, 6.45) is 1.11. The first kappa shape index (κ1) is 17.4. The maximum absolute atomic E-state index is 12.0. The Morgan fingerprint density at radius 1 is 1.48 bits per heavy atom. The van der Waals surface area contributed by atoms with E-state index in [1.807, 2.05) is 0 Å². The van der Waals surface area contributed by atoms with Crippen molar-refractivity contribution in [1.29, 1.82) is 0 Å². The van der Waals surface area contributed by atoms with E-state index in [-0.39, 0.29) is 28.7 Å². The Labute approximate surface area is 130 Å². The van der Waals surface area contributed by atoms with E-state index in [0.717, 1.165) is 10.8 Å². The molecule has 8 heteroatoms. The second-order valence-electron chi connectivity index (χ2n) is 5.55. The van der Waals surface area contributed by atoms with Gasteiger partial charge in [-0.1, -0.05) is 0 Å². The van der Waals surface area contributed by atoms with E-state index < -0.39 is 22.1 Å². The minimum atomic E-state index is -0.609. The zero-order chi connectivity index (χ0) is 16.4. The molecule has 1 rings (SSSR count). The average Bonchev–Trinajstić information content (AvgIpc) is 2.32. The van der Waals surface area contributed by atoms with Gasteiger partial charge in [0.2, 0.25) is 0 Å². The molecule has 0 atom stereocenters. The quantitative estimate of drug-likeness (QED) is 0.467. The normalized spacial score (nSPS) is 11.3. The summed E-state index contributed by atoms with van der Waals surface area (Å²) in [6.45, 7) is 6.73. The highest BCUT2D eigenvalue weighted by atomic mass is 79.9. The highest BCUT2D eigenvalue weighted by Gasteiger charge is 2.20. The van der Waals surface area contributed by atoms with E-state index in [0.29, 0.717) is 0 Å². The fourth-order valence-electron chi connectivity index (χ4n) is 1.66. The number of aryl methyl sites for hydroxylation is 1. The van der Waals surface area contributed by atoms with Gasteiger partial charge in [-0.3, -0.25) is 19.7 Å². The van der Waals surface area contributed by atoms with Crippen molar-refractivity contribution in [2.24, 2.45) is 0 Å². The van der Waals surface area contributed by atoms with Crippen LogP contribution in [0.25, 0.3) is 0 Å². The highest BCUT2D eigenvalue weighted by Crippen LogP contribution is 2.22. The van der Waals surface area contributed by atoms with Crippen LogP contribution < -0.4 is 5.56 Å². The molecule has 1 aromatic rings. The van der Waals surface area contributed by atoms with Crippen LogP contribution in [0.2, 0.25) is 0 Å². The SMILES string of the molecule is Cc1c([N+](=O)[O-])cn(CCC(=O)OC(C)(C)C)c(=O)c1Br. The van der Waals surface area contributed by atoms with Crippen molar-refractivity contribution in [3.05, 3.63) is 36.7 Å². The Balaban J connectivity index is 2.97. The summed E-state index contributed by atoms with van der Waals surface area (Å²) in [5.74, 6) is -0.464. The van der Waals surface area contributed by atoms with Gasteiger partial charge >= 0.3 is 5.97 Å². The number of carbonyl (C=O) groups excluding carboxylic acids is 1. The molecule has 1 heterocycles. The molecule has 21 heavy (non-hydrogen) atoms. The van der Waals surface area contributed by atoms with Crippen LogP contribution in [-0.2, 0) is 16.1 Å². The first-order valence-corrected chi connectivity index (χ1v) is 7.08. The molecule has 0 aliphatic carbocycles. The van der Waals surface area contributed by atoms with Crippen molar-refractivity contribution in [2.75, 3.05) is 0 Å². The number of hydrogen-bond acceptors (Lipinski definition) is 5. The lowest BCUT2D eigenvalue weighted by Gasteiger charge is -2.19. The van der Waals surface area contributed by atoms with Crippen LogP contribution in [-0.4, -0.2) is 21.1 Å². The van der Waals surface area contributed by atoms with Crippen molar-refractivity contribution in [1.82, 2.24) is 4.57 Å². The topological polar surface area (TPSA) is 91.4 Å². The zero-order valence-electron chi connectivity index (χ0n) is 12.3. The summed E-state index contributed by atoms with van der Waals surface area (Å²) in [5, 5.41) is 10.9. The molecule has 0 spiro atoms. The van der Waals surface area contributed by atoms with E-state index in [9.17, 15) is 19.7 Å². The molecule has 0 aliphatic rings. The van der Waals surface area contributed by atoms with E-state index in [4.69, 9.17) is 4.74 Å². The van der Waals surface area contributed by atoms with Crippen LogP contribution in [0.1, 0.15) is 32.8 Å². The Hall–Kier alpha value is -1.70. The van der Waals surface area contributed by atoms with Gasteiger partial charge < -0.3 is 9.30 Å². The number of aromatic nitrogens is 1. The number of pyridine rings is 1. The molecular formula is C13H17BrN2O5. The van der Waals surface area contributed by atoms with E-state index in [1.165, 1.54) is 6.92 Å². The van der Waals surface area contributed by atoms with Crippen LogP contribution in [0.5, 0.6) is 0 Å². The van der Waals surface area contributed by atoms with Crippen molar-refractivity contribution >= 4 is 27.6 Å². The molecule has 0 aliphatic heterocycles. The number of esters is 1. The number of halogens is 1. The third-order valence-corrected chi connectivity index (χ3v) is 3.55. The molecular weight excluding hydrogens is 344 g/mol. The summed E-state index contributed by atoms with van der Waals surface area (Å²) in [4.78, 5) is 34.0. The molecule has 0 N–H and O–H groups in total. The molecule has 0 fully saturated rings. The predicted octanol–water partition coefficient (Wildman–Crippen LogP) is 2.56. The lowest BCUT2D eigenvalue weighted by atomic mass is 10.2. The second-order valence-corrected chi connectivity index (χ2v) is 6.34. The molecule has 0 saturated heterocycles. The van der Waals surface area contributed by atoms with E-state index >= 15 is 0 Å². The molecule has 1 aromatic heterocycles. The lowest BCUT2D eigenvalue weighted by molar-refractivity contribution is -0.386. The number of nitro groups is 1. The Morgan fingerprint density at radius 2 is 2.05 bits per heavy atom. The third kappa shape index (κ3) is 4.66. The third-order valence-electron chi connectivity index (χ3n) is 2.61. The van der Waals surface area contributed by atoms with Crippen LogP contribution in [0.3, 0.4) is 0 Å². The van der Waals surface area contributed by atoms with Crippen LogP contribution in [0.15, 0.2) is 15.5 Å². The van der Waals surface area contributed by atoms with Crippen LogP contribution in [0.4, 0.5) is 5.69 Å². The van der Waals surface area contributed by atoms with Gasteiger partial charge in [-0.25, -0.2) is 0 Å². The van der Waals surface area contributed by atoms with Crippen molar-refractivity contribution in [3.63, 3.8) is 0 Å². The largest absolute Gasteiger partial charge is 0.460 e. The van der Waals surface area contributed by atoms with Gasteiger partial charge in [0.15, 0.2) is 0 Å². The van der Waals surface area contributed by atoms with Gasteiger partial charge in [-0.2, -0.15) is 0 Å². The fourth-order valence-corrected chi connectivity index (χ4v) is 2.09. The number of rotatable bonds is 4. The lowest BCUT2D eigenvalue weighted by Crippen LogP contribution is -2.27. The smallest absolute Gasteiger partial charge is 0.308 e. The minimum Gasteiger partial charge on any atom is -0.460 e. The van der Waals surface area contributed by atoms with E-state index in [2.05, 4.69) is 15.9 Å². The van der Waals surface area contributed by atoms with Gasteiger partial charge in [-0.05, 0) is 43.6 Å². The van der Waals surface area contributed by atoms with Gasteiger partial charge in [-0.15, -0.1) is 0 Å². The first-order chi connectivity index (χ1) is 9.53. The highest BCUT2D eigenvalue weighted by molar-refractivity contribution is 9.10. The molecule has 0 bridgehead atoms. The summed E-state index contributed by atoms with van der Waals surface area (Å²) < 4.78 is 6.39. The van der Waals surface area contributed by atoms with E-state index in [1.54, 1.807) is 20.8 Å². The fraction of sp³-hybridized carbons (Fsp3) is 0.538. The summed E-state index contributed by atoms with van der Waals surface area (Å²) in [6, 6.07) is 0. The van der Waals surface area contributed by atoms with Gasteiger partial charge in [0.05, 0.1) is 22.0 Å².